The fraction of sp³-hybridized carbons (Fsp3) is 0.296. The number of anilines is 1. The first kappa shape index (κ1) is 22.6. The van der Waals surface area contributed by atoms with Crippen molar-refractivity contribution < 1.29 is 4.79 Å². The van der Waals surface area contributed by atoms with Gasteiger partial charge >= 0.3 is 0 Å². The second kappa shape index (κ2) is 9.10. The second-order valence-electron chi connectivity index (χ2n) is 8.60. The molecule has 0 saturated heterocycles. The Morgan fingerprint density at radius 1 is 1.12 bits per heavy atom. The summed E-state index contributed by atoms with van der Waals surface area (Å²) >= 11 is 1.46. The standard InChI is InChI=1S/C27H26N4OS/c1-16-9-10-24(17(2)11-16)31-18(3)12-20(19(31)4)13-21(14-28)26(32)30-27-23(15-29)22-7-5-6-8-25(22)33-27/h9-13H,5-8H2,1-4H3,(H,30,32)/b21-13+. The Balaban J connectivity index is 1.67. The lowest BCUT2D eigenvalue weighted by atomic mass is 9.96. The molecule has 3 aromatic rings. The van der Waals surface area contributed by atoms with Crippen LogP contribution in [0.4, 0.5) is 5.00 Å². The van der Waals surface area contributed by atoms with Crippen molar-refractivity contribution in [1.29, 1.82) is 10.5 Å². The third kappa shape index (κ3) is 4.23. The van der Waals surface area contributed by atoms with Gasteiger partial charge in [-0.15, -0.1) is 11.3 Å². The Morgan fingerprint density at radius 2 is 1.88 bits per heavy atom. The minimum Gasteiger partial charge on any atom is -0.318 e. The Morgan fingerprint density at radius 3 is 2.58 bits per heavy atom. The molecule has 1 N–H and O–H groups in total. The van der Waals surface area contributed by atoms with E-state index in [1.165, 1.54) is 21.8 Å². The van der Waals surface area contributed by atoms with E-state index in [9.17, 15) is 15.3 Å². The number of hydrogen-bond acceptors (Lipinski definition) is 4. The van der Waals surface area contributed by atoms with Crippen LogP contribution in [0.15, 0.2) is 29.8 Å². The Bertz CT molecular complexity index is 1370. The number of carbonyl (C=O) groups excluding carboxylic acids is 1. The second-order valence-corrected chi connectivity index (χ2v) is 9.71. The van der Waals surface area contributed by atoms with E-state index in [4.69, 9.17) is 0 Å². The van der Waals surface area contributed by atoms with E-state index in [1.54, 1.807) is 6.08 Å². The smallest absolute Gasteiger partial charge is 0.266 e. The zero-order valence-electron chi connectivity index (χ0n) is 19.4. The van der Waals surface area contributed by atoms with E-state index in [0.717, 1.165) is 59.4 Å². The molecule has 33 heavy (non-hydrogen) atoms. The third-order valence-corrected chi connectivity index (χ3v) is 7.45. The quantitative estimate of drug-likeness (QED) is 0.384. The van der Waals surface area contributed by atoms with Crippen molar-refractivity contribution in [3.05, 3.63) is 73.9 Å². The predicted molar refractivity (Wildman–Crippen MR) is 133 cm³/mol. The van der Waals surface area contributed by atoms with Crippen molar-refractivity contribution in [3.8, 4) is 17.8 Å². The summed E-state index contributed by atoms with van der Waals surface area (Å²) in [6.07, 6.45) is 5.61. The molecule has 0 fully saturated rings. The van der Waals surface area contributed by atoms with Gasteiger partial charge in [0.2, 0.25) is 0 Å². The van der Waals surface area contributed by atoms with Crippen LogP contribution in [0.3, 0.4) is 0 Å². The number of rotatable bonds is 4. The number of aromatic nitrogens is 1. The van der Waals surface area contributed by atoms with Gasteiger partial charge in [-0.3, -0.25) is 4.79 Å². The highest BCUT2D eigenvalue weighted by Crippen LogP contribution is 2.38. The van der Waals surface area contributed by atoms with Crippen LogP contribution in [-0.2, 0) is 17.6 Å². The van der Waals surface area contributed by atoms with E-state index in [-0.39, 0.29) is 5.57 Å². The van der Waals surface area contributed by atoms with Gasteiger partial charge in [0.05, 0.1) is 5.56 Å². The molecule has 2 aromatic heterocycles. The lowest BCUT2D eigenvalue weighted by Crippen LogP contribution is -2.13. The molecule has 0 saturated carbocycles. The molecule has 166 valence electrons. The zero-order valence-corrected chi connectivity index (χ0v) is 20.2. The summed E-state index contributed by atoms with van der Waals surface area (Å²) in [4.78, 5) is 14.2. The number of fused-ring (bicyclic) bond motifs is 1. The minimum absolute atomic E-state index is 0.0196. The molecule has 1 aliphatic carbocycles. The van der Waals surface area contributed by atoms with Crippen LogP contribution < -0.4 is 5.32 Å². The Hall–Kier alpha value is -3.61. The molecule has 6 heteroatoms. The largest absolute Gasteiger partial charge is 0.318 e. The molecule has 2 heterocycles. The van der Waals surface area contributed by atoms with Gasteiger partial charge in [0.15, 0.2) is 0 Å². The van der Waals surface area contributed by atoms with E-state index in [1.807, 2.05) is 26.0 Å². The lowest BCUT2D eigenvalue weighted by molar-refractivity contribution is -0.112. The number of carbonyl (C=O) groups is 1. The lowest BCUT2D eigenvalue weighted by Gasteiger charge is -2.13. The summed E-state index contributed by atoms with van der Waals surface area (Å²) in [6.45, 7) is 8.16. The van der Waals surface area contributed by atoms with Crippen LogP contribution in [0, 0.1) is 50.4 Å². The zero-order chi connectivity index (χ0) is 23.7. The molecule has 0 bridgehead atoms. The summed E-state index contributed by atoms with van der Waals surface area (Å²) < 4.78 is 2.15. The van der Waals surface area contributed by atoms with Gasteiger partial charge in [0.25, 0.3) is 5.91 Å². The maximum absolute atomic E-state index is 13.0. The number of benzene rings is 1. The Kier molecular flexibility index (Phi) is 6.22. The highest BCUT2D eigenvalue weighted by Gasteiger charge is 2.23. The van der Waals surface area contributed by atoms with Gasteiger partial charge in [0, 0.05) is 22.0 Å². The highest BCUT2D eigenvalue weighted by atomic mass is 32.1. The summed E-state index contributed by atoms with van der Waals surface area (Å²) in [5.74, 6) is -0.482. The average Bonchev–Trinajstić information content (AvgIpc) is 3.27. The summed E-state index contributed by atoms with van der Waals surface area (Å²) in [6, 6.07) is 12.6. The van der Waals surface area contributed by atoms with Crippen LogP contribution in [0.1, 0.15) is 56.9 Å². The van der Waals surface area contributed by atoms with Crippen molar-refractivity contribution in [3.63, 3.8) is 0 Å². The fourth-order valence-electron chi connectivity index (χ4n) is 4.61. The molecule has 0 atom stereocenters. The first-order valence-electron chi connectivity index (χ1n) is 11.1. The van der Waals surface area contributed by atoms with E-state index in [0.29, 0.717) is 10.6 Å². The molecule has 0 unspecified atom stereocenters. The minimum atomic E-state index is -0.482. The number of nitriles is 2. The van der Waals surface area contributed by atoms with Crippen LogP contribution >= 0.6 is 11.3 Å². The van der Waals surface area contributed by atoms with Gasteiger partial charge < -0.3 is 9.88 Å². The Labute approximate surface area is 198 Å². The van der Waals surface area contributed by atoms with Crippen molar-refractivity contribution in [2.24, 2.45) is 0 Å². The van der Waals surface area contributed by atoms with Gasteiger partial charge in [0.1, 0.15) is 22.7 Å². The molecule has 0 aliphatic heterocycles. The topological polar surface area (TPSA) is 81.6 Å². The molecule has 0 spiro atoms. The molecule has 1 amide bonds. The van der Waals surface area contributed by atoms with Crippen molar-refractivity contribution in [2.45, 2.75) is 53.4 Å². The molecule has 4 rings (SSSR count). The van der Waals surface area contributed by atoms with Gasteiger partial charge in [-0.1, -0.05) is 17.7 Å². The normalized spacial score (nSPS) is 13.2. The van der Waals surface area contributed by atoms with Crippen molar-refractivity contribution in [1.82, 2.24) is 4.57 Å². The third-order valence-electron chi connectivity index (χ3n) is 6.24. The van der Waals surface area contributed by atoms with Crippen LogP contribution in [-0.4, -0.2) is 10.5 Å². The summed E-state index contributed by atoms with van der Waals surface area (Å²) in [5, 5.41) is 22.8. The summed E-state index contributed by atoms with van der Waals surface area (Å²) in [7, 11) is 0. The molecule has 1 aliphatic rings. The van der Waals surface area contributed by atoms with Crippen LogP contribution in [0.25, 0.3) is 11.8 Å². The van der Waals surface area contributed by atoms with Gasteiger partial charge in [-0.05, 0) is 88.3 Å². The van der Waals surface area contributed by atoms with Crippen molar-refractivity contribution in [2.75, 3.05) is 5.32 Å². The maximum atomic E-state index is 13.0. The highest BCUT2D eigenvalue weighted by molar-refractivity contribution is 7.16. The number of amides is 1. The predicted octanol–water partition coefficient (Wildman–Crippen LogP) is 6.07. The molecule has 5 nitrogen and oxygen atoms in total. The first-order valence-corrected chi connectivity index (χ1v) is 11.9. The SMILES string of the molecule is Cc1ccc(-n2c(C)cc(/C=C(\C#N)C(=O)Nc3sc4c(c3C#N)CCCC4)c2C)c(C)c1. The maximum Gasteiger partial charge on any atom is 0.266 e. The number of nitrogens with one attached hydrogen (secondary N) is 1. The first-order chi connectivity index (χ1) is 15.8. The number of hydrogen-bond donors (Lipinski definition) is 1. The number of aryl methyl sites for hydroxylation is 4. The summed E-state index contributed by atoms with van der Waals surface area (Å²) in [5.41, 5.74) is 7.89. The fourth-order valence-corrected chi connectivity index (χ4v) is 5.84. The monoisotopic (exact) mass is 454 g/mol. The number of thiophene rings is 1. The molecular weight excluding hydrogens is 428 g/mol. The molecule has 1 aromatic carbocycles. The molecular formula is C27H26N4OS. The van der Waals surface area contributed by atoms with E-state index in [2.05, 4.69) is 48.0 Å². The van der Waals surface area contributed by atoms with Gasteiger partial charge in [-0.2, -0.15) is 10.5 Å². The van der Waals surface area contributed by atoms with Gasteiger partial charge in [-0.25, -0.2) is 0 Å². The van der Waals surface area contributed by atoms with Crippen molar-refractivity contribution >= 4 is 28.3 Å². The van der Waals surface area contributed by atoms with E-state index >= 15 is 0 Å². The number of nitrogens with zero attached hydrogens (tertiary/aromatic N) is 3. The average molecular weight is 455 g/mol. The van der Waals surface area contributed by atoms with E-state index < -0.39 is 5.91 Å². The van der Waals surface area contributed by atoms with Crippen LogP contribution in [0.5, 0.6) is 0 Å². The van der Waals surface area contributed by atoms with Crippen LogP contribution in [0.2, 0.25) is 0 Å². The molecule has 0 radical (unpaired) electrons.